The number of carbonyl (C=O) groups is 2. The van der Waals surface area contributed by atoms with Crippen molar-refractivity contribution in [3.8, 4) is 0 Å². The van der Waals surface area contributed by atoms with Crippen molar-refractivity contribution in [2.24, 2.45) is 5.92 Å². The first-order valence-corrected chi connectivity index (χ1v) is 7.53. The lowest BCUT2D eigenvalue weighted by Gasteiger charge is -2.22. The van der Waals surface area contributed by atoms with Gasteiger partial charge in [0.15, 0.2) is 0 Å². The third-order valence-electron chi connectivity index (χ3n) is 4.05. The monoisotopic (exact) mass is 267 g/mol. The Labute approximate surface area is 114 Å². The lowest BCUT2D eigenvalue weighted by molar-refractivity contribution is -0.129. The van der Waals surface area contributed by atoms with Crippen LogP contribution in [0.3, 0.4) is 0 Å². The Balaban J connectivity index is 1.69. The van der Waals surface area contributed by atoms with E-state index < -0.39 is 0 Å². The first-order valence-electron chi connectivity index (χ1n) is 7.53. The molecule has 2 atom stereocenters. The molecule has 0 aliphatic carbocycles. The molecule has 2 aliphatic rings. The molecule has 0 spiro atoms. The van der Waals surface area contributed by atoms with Gasteiger partial charge in [-0.05, 0) is 57.5 Å². The summed E-state index contributed by atoms with van der Waals surface area (Å²) in [7, 11) is 0. The van der Waals surface area contributed by atoms with Gasteiger partial charge in [-0.2, -0.15) is 0 Å². The fraction of sp³-hybridized carbons (Fsp3) is 0.857. The van der Waals surface area contributed by atoms with E-state index in [0.29, 0.717) is 12.3 Å². The number of nitrogens with one attached hydrogen (secondary N) is 3. The van der Waals surface area contributed by atoms with Gasteiger partial charge in [-0.3, -0.25) is 9.59 Å². The lowest BCUT2D eigenvalue weighted by Crippen LogP contribution is -2.45. The molecule has 5 heteroatoms. The molecule has 2 heterocycles. The van der Waals surface area contributed by atoms with Crippen molar-refractivity contribution in [1.82, 2.24) is 16.0 Å². The fourth-order valence-electron chi connectivity index (χ4n) is 2.85. The summed E-state index contributed by atoms with van der Waals surface area (Å²) in [5, 5.41) is 9.08. The Morgan fingerprint density at radius 3 is 2.89 bits per heavy atom. The van der Waals surface area contributed by atoms with E-state index in [4.69, 9.17) is 0 Å². The van der Waals surface area contributed by atoms with Gasteiger partial charge in [-0.25, -0.2) is 0 Å². The Bertz CT molecular complexity index is 314. The minimum absolute atomic E-state index is 0.0209. The zero-order valence-electron chi connectivity index (χ0n) is 11.5. The quantitative estimate of drug-likeness (QED) is 0.697. The van der Waals surface area contributed by atoms with Crippen LogP contribution in [-0.2, 0) is 9.59 Å². The van der Waals surface area contributed by atoms with Crippen LogP contribution in [0.4, 0.5) is 0 Å². The van der Waals surface area contributed by atoms with Crippen molar-refractivity contribution >= 4 is 11.8 Å². The molecule has 19 heavy (non-hydrogen) atoms. The van der Waals surface area contributed by atoms with E-state index in [1.807, 2.05) is 0 Å². The minimum Gasteiger partial charge on any atom is -0.354 e. The van der Waals surface area contributed by atoms with Crippen LogP contribution < -0.4 is 16.0 Å². The van der Waals surface area contributed by atoms with Gasteiger partial charge in [-0.15, -0.1) is 0 Å². The van der Waals surface area contributed by atoms with Crippen LogP contribution in [0.1, 0.15) is 44.9 Å². The van der Waals surface area contributed by atoms with Gasteiger partial charge in [-0.1, -0.05) is 0 Å². The van der Waals surface area contributed by atoms with E-state index in [1.54, 1.807) is 0 Å². The molecule has 0 radical (unpaired) electrons. The molecule has 3 N–H and O–H groups in total. The summed E-state index contributed by atoms with van der Waals surface area (Å²) in [5.74, 6) is 0.611. The first-order chi connectivity index (χ1) is 9.25. The van der Waals surface area contributed by atoms with Crippen LogP contribution in [0.2, 0.25) is 0 Å². The van der Waals surface area contributed by atoms with Crippen LogP contribution in [0.5, 0.6) is 0 Å². The van der Waals surface area contributed by atoms with E-state index in [2.05, 4.69) is 16.0 Å². The van der Waals surface area contributed by atoms with Crippen molar-refractivity contribution < 1.29 is 9.59 Å². The Morgan fingerprint density at radius 2 is 2.11 bits per heavy atom. The number of carbonyl (C=O) groups excluding carboxylic acids is 2. The Hall–Kier alpha value is -1.10. The maximum absolute atomic E-state index is 11.9. The highest BCUT2D eigenvalue weighted by Gasteiger charge is 2.22. The number of hydrogen-bond acceptors (Lipinski definition) is 3. The van der Waals surface area contributed by atoms with Crippen molar-refractivity contribution in [2.75, 3.05) is 19.6 Å². The van der Waals surface area contributed by atoms with Crippen molar-refractivity contribution in [3.63, 3.8) is 0 Å². The zero-order valence-corrected chi connectivity index (χ0v) is 11.5. The van der Waals surface area contributed by atoms with Crippen LogP contribution in [0.25, 0.3) is 0 Å². The maximum atomic E-state index is 11.9. The van der Waals surface area contributed by atoms with Gasteiger partial charge < -0.3 is 16.0 Å². The number of amides is 2. The summed E-state index contributed by atoms with van der Waals surface area (Å²) in [6.07, 6.45) is 6.65. The van der Waals surface area contributed by atoms with Crippen molar-refractivity contribution in [2.45, 2.75) is 51.0 Å². The highest BCUT2D eigenvalue weighted by Crippen LogP contribution is 2.16. The summed E-state index contributed by atoms with van der Waals surface area (Å²) in [4.78, 5) is 23.6. The van der Waals surface area contributed by atoms with E-state index in [0.717, 1.165) is 45.3 Å². The molecular weight excluding hydrogens is 242 g/mol. The molecule has 5 nitrogen and oxygen atoms in total. The van der Waals surface area contributed by atoms with Crippen LogP contribution in [0, 0.1) is 5.92 Å². The maximum Gasteiger partial charge on any atom is 0.242 e. The van der Waals surface area contributed by atoms with Gasteiger partial charge >= 0.3 is 0 Å². The molecule has 2 fully saturated rings. The van der Waals surface area contributed by atoms with Crippen LogP contribution >= 0.6 is 0 Å². The lowest BCUT2D eigenvalue weighted by atomic mass is 9.94. The summed E-state index contributed by atoms with van der Waals surface area (Å²) >= 11 is 0. The summed E-state index contributed by atoms with van der Waals surface area (Å²) in [5.41, 5.74) is 0. The Kier molecular flexibility index (Phi) is 5.63. The number of hydrogen-bond donors (Lipinski definition) is 3. The molecule has 0 saturated carbocycles. The second kappa shape index (κ2) is 7.48. The second-order valence-electron chi connectivity index (χ2n) is 5.66. The van der Waals surface area contributed by atoms with Gasteiger partial charge in [0.05, 0.1) is 0 Å². The molecule has 0 aromatic rings. The molecular formula is C14H25N3O2. The fourth-order valence-corrected chi connectivity index (χ4v) is 2.85. The van der Waals surface area contributed by atoms with E-state index in [9.17, 15) is 9.59 Å². The third kappa shape index (κ3) is 4.82. The number of rotatable bonds is 4. The predicted octanol–water partition coefficient (Wildman–Crippen LogP) is 0.551. The molecule has 2 aliphatic heterocycles. The van der Waals surface area contributed by atoms with E-state index in [1.165, 1.54) is 12.8 Å². The van der Waals surface area contributed by atoms with Gasteiger partial charge in [0.25, 0.3) is 0 Å². The first kappa shape index (κ1) is 14.3. The van der Waals surface area contributed by atoms with Gasteiger partial charge in [0.2, 0.25) is 11.8 Å². The van der Waals surface area contributed by atoms with Gasteiger partial charge in [0.1, 0.15) is 6.04 Å². The average molecular weight is 267 g/mol. The molecule has 0 aromatic carbocycles. The van der Waals surface area contributed by atoms with E-state index in [-0.39, 0.29) is 17.9 Å². The number of piperidine rings is 1. The van der Waals surface area contributed by atoms with Crippen molar-refractivity contribution in [3.05, 3.63) is 0 Å². The van der Waals surface area contributed by atoms with Gasteiger partial charge in [0, 0.05) is 13.0 Å². The van der Waals surface area contributed by atoms with Crippen LogP contribution in [0.15, 0.2) is 0 Å². The molecule has 2 amide bonds. The Morgan fingerprint density at radius 1 is 1.21 bits per heavy atom. The van der Waals surface area contributed by atoms with Crippen molar-refractivity contribution in [1.29, 1.82) is 0 Å². The smallest absolute Gasteiger partial charge is 0.242 e. The third-order valence-corrected chi connectivity index (χ3v) is 4.05. The summed E-state index contributed by atoms with van der Waals surface area (Å²) in [6, 6.07) is -0.320. The molecule has 2 rings (SSSR count). The molecule has 108 valence electrons. The summed E-state index contributed by atoms with van der Waals surface area (Å²) < 4.78 is 0. The highest BCUT2D eigenvalue weighted by molar-refractivity contribution is 5.87. The van der Waals surface area contributed by atoms with Crippen LogP contribution in [-0.4, -0.2) is 37.5 Å². The molecule has 2 unspecified atom stereocenters. The topological polar surface area (TPSA) is 70.2 Å². The standard InChI is InChI=1S/C14H25N3O2/c18-13(7-6-11-4-3-8-15-10-11)17-12-5-1-2-9-16-14(12)19/h11-12,15H,1-10H2,(H,16,19)(H,17,18). The zero-order chi connectivity index (χ0) is 13.5. The minimum atomic E-state index is -0.320. The predicted molar refractivity (Wildman–Crippen MR) is 73.6 cm³/mol. The largest absolute Gasteiger partial charge is 0.354 e. The SMILES string of the molecule is O=C(CCC1CCCNC1)NC1CCCCNC1=O. The van der Waals surface area contributed by atoms with E-state index >= 15 is 0 Å². The molecule has 0 bridgehead atoms. The summed E-state index contributed by atoms with van der Waals surface area (Å²) in [6.45, 7) is 2.86. The highest BCUT2D eigenvalue weighted by atomic mass is 16.2. The molecule has 2 saturated heterocycles. The normalized spacial score (nSPS) is 28.3. The second-order valence-corrected chi connectivity index (χ2v) is 5.66. The molecule has 0 aromatic heterocycles. The average Bonchev–Trinajstić information content (AvgIpc) is 2.63.